The molecule has 0 fully saturated rings. The highest BCUT2D eigenvalue weighted by atomic mass is 32.1. The Morgan fingerprint density at radius 2 is 2.10 bits per heavy atom. The number of H-pyrrole nitrogens is 1. The van der Waals surface area contributed by atoms with E-state index in [1.807, 2.05) is 48.4 Å². The third-order valence-corrected chi connectivity index (χ3v) is 5.61. The van der Waals surface area contributed by atoms with E-state index in [0.29, 0.717) is 41.4 Å². The van der Waals surface area contributed by atoms with Crippen LogP contribution in [0.1, 0.15) is 19.7 Å². The minimum atomic E-state index is -0.642. The second-order valence-corrected chi connectivity index (χ2v) is 8.42. The number of hydrogen-bond acceptors (Lipinski definition) is 7. The van der Waals surface area contributed by atoms with Crippen molar-refractivity contribution < 1.29 is 14.6 Å². The molecule has 166 valence electrons. The number of aromatic nitrogens is 2. The third-order valence-electron chi connectivity index (χ3n) is 4.74. The van der Waals surface area contributed by atoms with Crippen LogP contribution in [0, 0.1) is 0 Å². The van der Waals surface area contributed by atoms with E-state index in [4.69, 9.17) is 9.47 Å². The third kappa shape index (κ3) is 5.80. The minimum Gasteiger partial charge on any atom is -0.496 e. The lowest BCUT2D eigenvalue weighted by atomic mass is 10.1. The van der Waals surface area contributed by atoms with Crippen LogP contribution in [-0.4, -0.2) is 59.0 Å². The fourth-order valence-corrected chi connectivity index (χ4v) is 4.34. The summed E-state index contributed by atoms with van der Waals surface area (Å²) in [4.78, 5) is 23.2. The Morgan fingerprint density at radius 1 is 1.32 bits per heavy atom. The predicted octanol–water partition coefficient (Wildman–Crippen LogP) is 3.43. The highest BCUT2D eigenvalue weighted by molar-refractivity contribution is 7.17. The number of nitrogens with one attached hydrogen (secondary N) is 1. The molecular weight excluding hydrogens is 414 g/mol. The first-order valence-electron chi connectivity index (χ1n) is 10.2. The molecule has 1 unspecified atom stereocenters. The van der Waals surface area contributed by atoms with E-state index in [9.17, 15) is 9.90 Å². The summed E-state index contributed by atoms with van der Waals surface area (Å²) in [6, 6.07) is 7.61. The number of rotatable bonds is 11. The minimum absolute atomic E-state index is 0.0548. The summed E-state index contributed by atoms with van der Waals surface area (Å²) in [5, 5.41) is 12.8. The van der Waals surface area contributed by atoms with Crippen LogP contribution >= 0.6 is 11.3 Å². The van der Waals surface area contributed by atoms with Crippen LogP contribution in [-0.2, 0) is 11.3 Å². The van der Waals surface area contributed by atoms with Gasteiger partial charge in [0.1, 0.15) is 16.4 Å². The van der Waals surface area contributed by atoms with Gasteiger partial charge in [-0.25, -0.2) is 4.98 Å². The van der Waals surface area contributed by atoms with E-state index < -0.39 is 6.10 Å². The van der Waals surface area contributed by atoms with Gasteiger partial charge in [-0.3, -0.25) is 9.69 Å². The lowest BCUT2D eigenvalue weighted by molar-refractivity contribution is -0.00834. The topological polar surface area (TPSA) is 87.7 Å². The van der Waals surface area contributed by atoms with Gasteiger partial charge in [0, 0.05) is 29.6 Å². The van der Waals surface area contributed by atoms with Gasteiger partial charge in [0.2, 0.25) is 0 Å². The van der Waals surface area contributed by atoms with Crippen LogP contribution in [0.25, 0.3) is 21.3 Å². The van der Waals surface area contributed by atoms with Crippen LogP contribution < -0.4 is 10.3 Å². The smallest absolute Gasteiger partial charge is 0.260 e. The van der Waals surface area contributed by atoms with E-state index in [0.717, 1.165) is 11.1 Å². The van der Waals surface area contributed by atoms with Crippen molar-refractivity contribution in [1.29, 1.82) is 0 Å². The van der Waals surface area contributed by atoms with Crippen LogP contribution in [0.2, 0.25) is 0 Å². The molecule has 2 heterocycles. The molecule has 1 atom stereocenters. The van der Waals surface area contributed by atoms with Crippen LogP contribution in [0.3, 0.4) is 0 Å². The zero-order chi connectivity index (χ0) is 22.4. The average Bonchev–Trinajstić information content (AvgIpc) is 3.16. The molecule has 0 amide bonds. The summed E-state index contributed by atoms with van der Waals surface area (Å²) in [5.41, 5.74) is 1.48. The van der Waals surface area contributed by atoms with Crippen molar-refractivity contribution >= 4 is 21.6 Å². The Hall–Kier alpha value is -2.52. The van der Waals surface area contributed by atoms with Crippen molar-refractivity contribution in [3.63, 3.8) is 0 Å². The highest BCUT2D eigenvalue weighted by Gasteiger charge is 2.18. The maximum atomic E-state index is 13.0. The molecule has 0 aliphatic carbocycles. The first-order chi connectivity index (χ1) is 14.9. The largest absolute Gasteiger partial charge is 0.496 e. The summed E-state index contributed by atoms with van der Waals surface area (Å²) < 4.78 is 10.9. The van der Waals surface area contributed by atoms with E-state index >= 15 is 0 Å². The Morgan fingerprint density at radius 3 is 2.81 bits per heavy atom. The van der Waals surface area contributed by atoms with Gasteiger partial charge in [-0.05, 0) is 19.9 Å². The SMILES string of the molecule is C=CCN(Cc1nc2scc(-c3ccccc3OC)c2c(=O)[nH]1)CC(O)COC(C)C. The summed E-state index contributed by atoms with van der Waals surface area (Å²) >= 11 is 1.43. The van der Waals surface area contributed by atoms with Crippen molar-refractivity contribution in [3.05, 3.63) is 58.5 Å². The van der Waals surface area contributed by atoms with Crippen molar-refractivity contribution in [1.82, 2.24) is 14.9 Å². The number of benzene rings is 1. The molecule has 0 bridgehead atoms. The zero-order valence-electron chi connectivity index (χ0n) is 18.1. The lowest BCUT2D eigenvalue weighted by Gasteiger charge is -2.23. The highest BCUT2D eigenvalue weighted by Crippen LogP contribution is 2.36. The molecule has 3 aromatic rings. The number of fused-ring (bicyclic) bond motifs is 1. The maximum Gasteiger partial charge on any atom is 0.260 e. The number of para-hydroxylation sites is 1. The summed E-state index contributed by atoms with van der Waals surface area (Å²) in [7, 11) is 1.61. The molecule has 3 rings (SSSR count). The van der Waals surface area contributed by atoms with Crippen LogP contribution in [0.4, 0.5) is 0 Å². The van der Waals surface area contributed by atoms with Gasteiger partial charge in [-0.15, -0.1) is 17.9 Å². The summed E-state index contributed by atoms with van der Waals surface area (Å²) in [6.45, 7) is 9.22. The molecule has 0 saturated carbocycles. The number of nitrogens with zero attached hydrogens (tertiary/aromatic N) is 2. The van der Waals surface area contributed by atoms with Gasteiger partial charge >= 0.3 is 0 Å². The second kappa shape index (κ2) is 10.7. The number of aliphatic hydroxyl groups is 1. The fraction of sp³-hybridized carbons (Fsp3) is 0.391. The normalized spacial score (nSPS) is 12.6. The molecule has 8 heteroatoms. The molecule has 7 nitrogen and oxygen atoms in total. The van der Waals surface area contributed by atoms with E-state index in [-0.39, 0.29) is 18.3 Å². The zero-order valence-corrected chi connectivity index (χ0v) is 18.9. The van der Waals surface area contributed by atoms with Gasteiger partial charge in [0.25, 0.3) is 5.56 Å². The Labute approximate surface area is 186 Å². The molecular formula is C23H29N3O4S. The van der Waals surface area contributed by atoms with Gasteiger partial charge in [0.05, 0.1) is 37.9 Å². The summed E-state index contributed by atoms with van der Waals surface area (Å²) in [6.07, 6.45) is 1.17. The van der Waals surface area contributed by atoms with Gasteiger partial charge < -0.3 is 19.6 Å². The number of hydrogen-bond donors (Lipinski definition) is 2. The van der Waals surface area contributed by atoms with E-state index in [1.54, 1.807) is 13.2 Å². The quantitative estimate of drug-likeness (QED) is 0.442. The van der Waals surface area contributed by atoms with Gasteiger partial charge in [0.15, 0.2) is 0 Å². The van der Waals surface area contributed by atoms with Crippen LogP contribution in [0.15, 0.2) is 47.1 Å². The monoisotopic (exact) mass is 443 g/mol. The first kappa shape index (κ1) is 23.1. The molecule has 0 aliphatic rings. The number of methoxy groups -OCH3 is 1. The van der Waals surface area contributed by atoms with Crippen molar-refractivity contribution in [2.24, 2.45) is 0 Å². The van der Waals surface area contributed by atoms with Crippen molar-refractivity contribution in [3.8, 4) is 16.9 Å². The Balaban J connectivity index is 1.85. The van der Waals surface area contributed by atoms with Gasteiger partial charge in [-0.2, -0.15) is 0 Å². The second-order valence-electron chi connectivity index (χ2n) is 7.56. The molecule has 1 aromatic carbocycles. The van der Waals surface area contributed by atoms with E-state index in [1.165, 1.54) is 11.3 Å². The number of ether oxygens (including phenoxy) is 2. The average molecular weight is 444 g/mol. The summed E-state index contributed by atoms with van der Waals surface area (Å²) in [5.74, 6) is 1.25. The standard InChI is InChI=1S/C23H29N3O4S/c1-5-10-26(11-16(27)13-30-15(2)3)12-20-24-22(28)21-18(14-31-23(21)25-20)17-8-6-7-9-19(17)29-4/h5-9,14-16,27H,1,10-13H2,2-4H3,(H,24,25,28). The van der Waals surface area contributed by atoms with Gasteiger partial charge in [-0.1, -0.05) is 24.3 Å². The molecule has 0 aliphatic heterocycles. The number of aliphatic hydroxyl groups excluding tert-OH is 1. The lowest BCUT2D eigenvalue weighted by Crippen LogP contribution is -2.36. The molecule has 0 saturated heterocycles. The van der Waals surface area contributed by atoms with Crippen molar-refractivity contribution in [2.45, 2.75) is 32.6 Å². The van der Waals surface area contributed by atoms with Crippen molar-refractivity contribution in [2.75, 3.05) is 26.8 Å². The molecule has 31 heavy (non-hydrogen) atoms. The maximum absolute atomic E-state index is 13.0. The molecule has 0 spiro atoms. The fourth-order valence-electron chi connectivity index (χ4n) is 3.39. The molecule has 2 aromatic heterocycles. The number of aromatic amines is 1. The first-order valence-corrected chi connectivity index (χ1v) is 11.1. The Kier molecular flexibility index (Phi) is 7.97. The molecule has 0 radical (unpaired) electrons. The van der Waals surface area contributed by atoms with Crippen LogP contribution in [0.5, 0.6) is 5.75 Å². The molecule has 2 N–H and O–H groups in total. The predicted molar refractivity (Wildman–Crippen MR) is 125 cm³/mol. The van der Waals surface area contributed by atoms with E-state index in [2.05, 4.69) is 16.5 Å². The Bertz CT molecular complexity index is 1080. The number of thiophene rings is 1.